The summed E-state index contributed by atoms with van der Waals surface area (Å²) in [7, 11) is 0. The molecule has 1 aliphatic carbocycles. The van der Waals surface area contributed by atoms with Crippen molar-refractivity contribution >= 4 is 15.9 Å². The molecule has 1 aliphatic rings. The highest BCUT2D eigenvalue weighted by atomic mass is 79.9. The number of phenolic OH excluding ortho intramolecular Hbond substituents is 1. The predicted octanol–water partition coefficient (Wildman–Crippen LogP) is 2.75. The van der Waals surface area contributed by atoms with Crippen molar-refractivity contribution in [2.24, 2.45) is 0 Å². The molecule has 2 nitrogen and oxygen atoms in total. The Labute approximate surface area is 95.9 Å². The molecule has 0 unspecified atom stereocenters. The van der Waals surface area contributed by atoms with Gasteiger partial charge in [0.05, 0.1) is 5.60 Å². The highest BCUT2D eigenvalue weighted by Gasteiger charge is 2.39. The van der Waals surface area contributed by atoms with Gasteiger partial charge in [0.2, 0.25) is 0 Å². The number of aliphatic hydroxyl groups is 1. The third kappa shape index (κ3) is 2.49. The van der Waals surface area contributed by atoms with Crippen LogP contribution < -0.4 is 0 Å². The molecule has 1 aromatic rings. The Bertz CT molecular complexity index is 388. The molecule has 1 aromatic carbocycles. The first-order valence-electron chi connectivity index (χ1n) is 4.89. The summed E-state index contributed by atoms with van der Waals surface area (Å²) < 4.78 is 13.7. The summed E-state index contributed by atoms with van der Waals surface area (Å²) >= 11 is 3.17. The van der Waals surface area contributed by atoms with E-state index in [9.17, 15) is 14.6 Å². The van der Waals surface area contributed by atoms with Crippen LogP contribution in [0.2, 0.25) is 0 Å². The van der Waals surface area contributed by atoms with Gasteiger partial charge in [0.1, 0.15) is 0 Å². The first kappa shape index (κ1) is 10.9. The van der Waals surface area contributed by atoms with Crippen LogP contribution in [0.4, 0.5) is 4.39 Å². The molecule has 0 atom stereocenters. The second-order valence-corrected chi connectivity index (χ2v) is 5.04. The van der Waals surface area contributed by atoms with E-state index < -0.39 is 11.4 Å². The summed E-state index contributed by atoms with van der Waals surface area (Å²) in [5.41, 5.74) is -0.0205. The van der Waals surface area contributed by atoms with Gasteiger partial charge in [-0.3, -0.25) is 0 Å². The molecule has 0 aromatic heterocycles. The molecule has 1 fully saturated rings. The van der Waals surface area contributed by atoms with Gasteiger partial charge in [-0.2, -0.15) is 0 Å². The van der Waals surface area contributed by atoms with E-state index in [1.807, 2.05) is 0 Å². The lowest BCUT2D eigenvalue weighted by molar-refractivity contribution is 0.140. The van der Waals surface area contributed by atoms with Crippen LogP contribution in [0.5, 0.6) is 5.75 Å². The molecular formula is C11H12BrFO2. The minimum atomic E-state index is -0.623. The molecule has 4 heteroatoms. The van der Waals surface area contributed by atoms with Gasteiger partial charge in [-0.05, 0) is 43.4 Å². The molecule has 2 rings (SSSR count). The number of halogens is 2. The van der Waals surface area contributed by atoms with Crippen LogP contribution in [0.3, 0.4) is 0 Å². The molecule has 0 spiro atoms. The Kier molecular flexibility index (Phi) is 2.73. The lowest BCUT2D eigenvalue weighted by Gasteiger charge is -2.09. The van der Waals surface area contributed by atoms with Gasteiger partial charge in [0, 0.05) is 4.47 Å². The maximum Gasteiger partial charge on any atom is 0.166 e. The quantitative estimate of drug-likeness (QED) is 0.890. The number of rotatable bonds is 3. The van der Waals surface area contributed by atoms with Crippen LogP contribution in [0.25, 0.3) is 0 Å². The Morgan fingerprint density at radius 2 is 2.07 bits per heavy atom. The van der Waals surface area contributed by atoms with E-state index in [1.165, 1.54) is 6.07 Å². The van der Waals surface area contributed by atoms with Gasteiger partial charge in [-0.25, -0.2) is 4.39 Å². The normalized spacial score (nSPS) is 17.8. The van der Waals surface area contributed by atoms with E-state index in [4.69, 9.17) is 0 Å². The molecular weight excluding hydrogens is 263 g/mol. The summed E-state index contributed by atoms with van der Waals surface area (Å²) in [6.07, 6.45) is 2.70. The second-order valence-electron chi connectivity index (χ2n) is 4.12. The fourth-order valence-electron chi connectivity index (χ4n) is 1.57. The molecule has 1 saturated carbocycles. The molecule has 82 valence electrons. The highest BCUT2D eigenvalue weighted by Crippen LogP contribution is 2.40. The van der Waals surface area contributed by atoms with Crippen LogP contribution in [-0.2, 0) is 6.42 Å². The average molecular weight is 275 g/mol. The lowest BCUT2D eigenvalue weighted by Crippen LogP contribution is -2.08. The topological polar surface area (TPSA) is 40.5 Å². The van der Waals surface area contributed by atoms with Crippen molar-refractivity contribution in [3.8, 4) is 5.75 Å². The number of phenols is 1. The molecule has 0 amide bonds. The van der Waals surface area contributed by atoms with E-state index in [2.05, 4.69) is 15.9 Å². The monoisotopic (exact) mass is 274 g/mol. The zero-order chi connectivity index (χ0) is 11.1. The summed E-state index contributed by atoms with van der Waals surface area (Å²) in [6.45, 7) is 0. The molecule has 0 heterocycles. The van der Waals surface area contributed by atoms with Crippen molar-refractivity contribution < 1.29 is 14.6 Å². The maximum absolute atomic E-state index is 13.1. The van der Waals surface area contributed by atoms with Crippen molar-refractivity contribution in [3.05, 3.63) is 28.0 Å². The minimum absolute atomic E-state index is 0.303. The van der Waals surface area contributed by atoms with E-state index in [0.717, 1.165) is 12.8 Å². The Morgan fingerprint density at radius 1 is 1.40 bits per heavy atom. The standard InChI is InChI=1S/C11H12BrFO2/c12-8-5-7(10(14)9(13)6-8)1-2-11(15)3-4-11/h5-6,14-15H,1-4H2. The number of aryl methyl sites for hydroxylation is 1. The fourth-order valence-corrected chi connectivity index (χ4v) is 2.05. The van der Waals surface area contributed by atoms with Gasteiger partial charge >= 0.3 is 0 Å². The van der Waals surface area contributed by atoms with Gasteiger partial charge in [-0.15, -0.1) is 0 Å². The lowest BCUT2D eigenvalue weighted by atomic mass is 10.0. The molecule has 0 radical (unpaired) electrons. The third-order valence-corrected chi connectivity index (χ3v) is 3.25. The van der Waals surface area contributed by atoms with Gasteiger partial charge < -0.3 is 10.2 Å². The number of hydrogen-bond acceptors (Lipinski definition) is 2. The van der Waals surface area contributed by atoms with Crippen molar-refractivity contribution in [2.45, 2.75) is 31.3 Å². The maximum atomic E-state index is 13.1. The fraction of sp³-hybridized carbons (Fsp3) is 0.455. The van der Waals surface area contributed by atoms with Crippen molar-refractivity contribution in [1.29, 1.82) is 0 Å². The van der Waals surface area contributed by atoms with Gasteiger partial charge in [-0.1, -0.05) is 15.9 Å². The molecule has 15 heavy (non-hydrogen) atoms. The van der Waals surface area contributed by atoms with Crippen LogP contribution in [0, 0.1) is 5.82 Å². The predicted molar refractivity (Wildman–Crippen MR) is 58.3 cm³/mol. The van der Waals surface area contributed by atoms with Crippen molar-refractivity contribution in [1.82, 2.24) is 0 Å². The highest BCUT2D eigenvalue weighted by molar-refractivity contribution is 9.10. The first-order chi connectivity index (χ1) is 7.00. The first-order valence-corrected chi connectivity index (χ1v) is 5.69. The van der Waals surface area contributed by atoms with Crippen molar-refractivity contribution in [3.63, 3.8) is 0 Å². The van der Waals surface area contributed by atoms with Crippen molar-refractivity contribution in [2.75, 3.05) is 0 Å². The van der Waals surface area contributed by atoms with E-state index in [0.29, 0.717) is 22.9 Å². The smallest absolute Gasteiger partial charge is 0.166 e. The Balaban J connectivity index is 2.13. The van der Waals surface area contributed by atoms with E-state index in [1.54, 1.807) is 6.07 Å². The van der Waals surface area contributed by atoms with Crippen LogP contribution in [0.15, 0.2) is 16.6 Å². The van der Waals surface area contributed by atoms with Crippen LogP contribution in [0.1, 0.15) is 24.8 Å². The SMILES string of the molecule is Oc1c(F)cc(Br)cc1CCC1(O)CC1. The zero-order valence-electron chi connectivity index (χ0n) is 8.13. The largest absolute Gasteiger partial charge is 0.505 e. The molecule has 0 saturated heterocycles. The number of aromatic hydroxyl groups is 1. The number of benzene rings is 1. The minimum Gasteiger partial charge on any atom is -0.505 e. The number of hydrogen-bond donors (Lipinski definition) is 2. The van der Waals surface area contributed by atoms with Gasteiger partial charge in [0.15, 0.2) is 11.6 Å². The van der Waals surface area contributed by atoms with E-state index >= 15 is 0 Å². The average Bonchev–Trinajstić information content (AvgIpc) is 2.88. The third-order valence-electron chi connectivity index (χ3n) is 2.79. The zero-order valence-corrected chi connectivity index (χ0v) is 9.72. The Hall–Kier alpha value is -0.610. The molecule has 2 N–H and O–H groups in total. The van der Waals surface area contributed by atoms with E-state index in [-0.39, 0.29) is 5.75 Å². The molecule has 0 aliphatic heterocycles. The van der Waals surface area contributed by atoms with Crippen LogP contribution in [-0.4, -0.2) is 15.8 Å². The van der Waals surface area contributed by atoms with Crippen LogP contribution >= 0.6 is 15.9 Å². The summed E-state index contributed by atoms with van der Waals surface area (Å²) in [5.74, 6) is -0.926. The van der Waals surface area contributed by atoms with Gasteiger partial charge in [0.25, 0.3) is 0 Å². The molecule has 0 bridgehead atoms. The second kappa shape index (κ2) is 3.76. The summed E-state index contributed by atoms with van der Waals surface area (Å²) in [4.78, 5) is 0. The summed E-state index contributed by atoms with van der Waals surface area (Å²) in [5, 5.41) is 19.1. The summed E-state index contributed by atoms with van der Waals surface area (Å²) in [6, 6.07) is 2.91. The Morgan fingerprint density at radius 3 is 2.67 bits per heavy atom.